The van der Waals surface area contributed by atoms with E-state index < -0.39 is 5.97 Å². The summed E-state index contributed by atoms with van der Waals surface area (Å²) < 4.78 is 1.99. The minimum atomic E-state index is -0.697. The average molecular weight is 236 g/mol. The molecular weight excluding hydrogens is 216 g/mol. The van der Waals surface area contributed by atoms with Crippen LogP contribution in [0, 0.1) is 5.92 Å². The predicted molar refractivity (Wildman–Crippen MR) is 66.0 cm³/mol. The molecule has 1 aromatic heterocycles. The monoisotopic (exact) mass is 236 g/mol. The van der Waals surface area contributed by atoms with Crippen molar-refractivity contribution in [2.75, 3.05) is 13.1 Å². The van der Waals surface area contributed by atoms with E-state index in [-0.39, 0.29) is 12.3 Å². The molecule has 0 aliphatic carbocycles. The number of aliphatic carboxylic acids is 1. The Morgan fingerprint density at radius 3 is 2.82 bits per heavy atom. The molecule has 0 radical (unpaired) electrons. The maximum absolute atomic E-state index is 11.0. The van der Waals surface area contributed by atoms with Crippen LogP contribution in [0.1, 0.15) is 30.7 Å². The van der Waals surface area contributed by atoms with Crippen molar-refractivity contribution in [3.63, 3.8) is 0 Å². The Kier molecular flexibility index (Phi) is 3.84. The van der Waals surface area contributed by atoms with Gasteiger partial charge in [-0.05, 0) is 49.4 Å². The lowest BCUT2D eigenvalue weighted by Gasteiger charge is -2.29. The van der Waals surface area contributed by atoms with E-state index in [4.69, 9.17) is 5.11 Å². The number of hydrogen-bond acceptors (Lipinski definition) is 2. The van der Waals surface area contributed by atoms with Gasteiger partial charge in [0.15, 0.2) is 0 Å². The van der Waals surface area contributed by atoms with E-state index in [0.717, 1.165) is 25.9 Å². The van der Waals surface area contributed by atoms with Gasteiger partial charge in [0, 0.05) is 19.4 Å². The Hall–Kier alpha value is -1.29. The number of carboxylic acid groups (broad SMARTS) is 1. The second kappa shape index (κ2) is 5.36. The fraction of sp³-hybridized carbons (Fsp3) is 0.615. The predicted octanol–water partition coefficient (Wildman–Crippen LogP) is 1.58. The highest BCUT2D eigenvalue weighted by molar-refractivity contribution is 5.68. The van der Waals surface area contributed by atoms with Crippen LogP contribution in [0.4, 0.5) is 0 Å². The van der Waals surface area contributed by atoms with Gasteiger partial charge in [-0.1, -0.05) is 0 Å². The molecule has 1 aliphatic rings. The fourth-order valence-corrected chi connectivity index (χ4v) is 2.74. The van der Waals surface area contributed by atoms with E-state index >= 15 is 0 Å². The summed E-state index contributed by atoms with van der Waals surface area (Å²) in [4.78, 5) is 11.0. The van der Waals surface area contributed by atoms with Gasteiger partial charge in [-0.25, -0.2) is 0 Å². The number of carboxylic acids is 1. The third kappa shape index (κ3) is 3.09. The van der Waals surface area contributed by atoms with Crippen molar-refractivity contribution < 1.29 is 9.90 Å². The number of nitrogens with zero attached hydrogens (tertiary/aromatic N) is 1. The summed E-state index contributed by atoms with van der Waals surface area (Å²) in [6.45, 7) is 2.02. The molecule has 2 heterocycles. The first-order valence-corrected chi connectivity index (χ1v) is 6.21. The van der Waals surface area contributed by atoms with E-state index in [1.807, 2.05) is 17.8 Å². The van der Waals surface area contributed by atoms with Gasteiger partial charge in [-0.2, -0.15) is 0 Å². The zero-order valence-corrected chi connectivity index (χ0v) is 10.2. The second-order valence-corrected chi connectivity index (χ2v) is 4.90. The number of nitrogens with one attached hydrogen (secondary N) is 1. The van der Waals surface area contributed by atoms with E-state index in [2.05, 4.69) is 17.6 Å². The normalized spacial score (nSPS) is 19.1. The third-order valence-corrected chi connectivity index (χ3v) is 3.63. The maximum atomic E-state index is 11.0. The quantitative estimate of drug-likeness (QED) is 0.834. The maximum Gasteiger partial charge on any atom is 0.303 e. The van der Waals surface area contributed by atoms with Crippen molar-refractivity contribution in [2.45, 2.75) is 25.2 Å². The molecule has 0 amide bonds. The van der Waals surface area contributed by atoms with E-state index in [1.54, 1.807) is 0 Å². The largest absolute Gasteiger partial charge is 0.481 e. The van der Waals surface area contributed by atoms with Gasteiger partial charge in [0.05, 0.1) is 6.42 Å². The third-order valence-electron chi connectivity index (χ3n) is 3.63. The van der Waals surface area contributed by atoms with Crippen LogP contribution in [0.3, 0.4) is 0 Å². The summed E-state index contributed by atoms with van der Waals surface area (Å²) in [5, 5.41) is 12.4. The summed E-state index contributed by atoms with van der Waals surface area (Å²) in [6, 6.07) is 2.05. The van der Waals surface area contributed by atoms with Crippen LogP contribution in [0.15, 0.2) is 18.5 Å². The summed E-state index contributed by atoms with van der Waals surface area (Å²) in [5.74, 6) is -0.0389. The Bertz CT molecular complexity index is 381. The zero-order chi connectivity index (χ0) is 12.3. The molecule has 2 rings (SSSR count). The smallest absolute Gasteiger partial charge is 0.303 e. The highest BCUT2D eigenvalue weighted by Gasteiger charge is 2.27. The van der Waals surface area contributed by atoms with Crippen molar-refractivity contribution in [1.82, 2.24) is 9.88 Å². The number of aromatic nitrogens is 1. The Labute approximate surface area is 102 Å². The van der Waals surface area contributed by atoms with Crippen LogP contribution in [0.25, 0.3) is 0 Å². The zero-order valence-electron chi connectivity index (χ0n) is 10.2. The molecule has 2 N–H and O–H groups in total. The Balaban J connectivity index is 2.14. The van der Waals surface area contributed by atoms with E-state index in [0.29, 0.717) is 5.92 Å². The van der Waals surface area contributed by atoms with Crippen LogP contribution in [0.2, 0.25) is 0 Å². The van der Waals surface area contributed by atoms with Crippen molar-refractivity contribution in [3.8, 4) is 0 Å². The van der Waals surface area contributed by atoms with Crippen LogP contribution < -0.4 is 5.32 Å². The van der Waals surface area contributed by atoms with Crippen molar-refractivity contribution >= 4 is 5.97 Å². The number of piperidine rings is 1. The number of aryl methyl sites for hydroxylation is 1. The Morgan fingerprint density at radius 1 is 1.59 bits per heavy atom. The van der Waals surface area contributed by atoms with Gasteiger partial charge in [-0.15, -0.1) is 0 Å². The molecule has 1 unspecified atom stereocenters. The minimum absolute atomic E-state index is 0.163. The first-order chi connectivity index (χ1) is 8.16. The molecule has 0 spiro atoms. The van der Waals surface area contributed by atoms with Gasteiger partial charge in [0.2, 0.25) is 0 Å². The van der Waals surface area contributed by atoms with Crippen molar-refractivity contribution in [3.05, 3.63) is 24.0 Å². The molecule has 1 aliphatic heterocycles. The lowest BCUT2D eigenvalue weighted by Crippen LogP contribution is -2.31. The highest BCUT2D eigenvalue weighted by atomic mass is 16.4. The minimum Gasteiger partial charge on any atom is -0.481 e. The molecule has 17 heavy (non-hydrogen) atoms. The lowest BCUT2D eigenvalue weighted by atomic mass is 9.79. The molecule has 1 fully saturated rings. The van der Waals surface area contributed by atoms with E-state index in [9.17, 15) is 4.79 Å². The van der Waals surface area contributed by atoms with Crippen molar-refractivity contribution in [2.24, 2.45) is 13.0 Å². The molecule has 94 valence electrons. The summed E-state index contributed by atoms with van der Waals surface area (Å²) in [7, 11) is 1.98. The molecular formula is C13H20N2O2. The standard InChI is InChI=1S/C13H20N2O2/c1-15-7-4-11(9-15)12(8-13(16)17)10-2-5-14-6-3-10/h4,7,9-10,12,14H,2-3,5-6,8H2,1H3,(H,16,17). The topological polar surface area (TPSA) is 54.3 Å². The molecule has 1 aromatic rings. The first-order valence-electron chi connectivity index (χ1n) is 6.21. The molecule has 0 aromatic carbocycles. The van der Waals surface area contributed by atoms with Crippen LogP contribution in [-0.2, 0) is 11.8 Å². The number of rotatable bonds is 4. The molecule has 1 saturated heterocycles. The SMILES string of the molecule is Cn1ccc(C(CC(=O)O)C2CCNCC2)c1. The summed E-state index contributed by atoms with van der Waals surface area (Å²) in [5.41, 5.74) is 1.17. The van der Waals surface area contributed by atoms with Gasteiger partial charge in [-0.3, -0.25) is 4.79 Å². The highest BCUT2D eigenvalue weighted by Crippen LogP contribution is 2.33. The molecule has 4 heteroatoms. The van der Waals surface area contributed by atoms with Crippen LogP contribution in [0.5, 0.6) is 0 Å². The van der Waals surface area contributed by atoms with Gasteiger partial charge >= 0.3 is 5.97 Å². The van der Waals surface area contributed by atoms with Crippen LogP contribution >= 0.6 is 0 Å². The van der Waals surface area contributed by atoms with Gasteiger partial charge in [0.1, 0.15) is 0 Å². The van der Waals surface area contributed by atoms with Crippen LogP contribution in [-0.4, -0.2) is 28.7 Å². The molecule has 0 saturated carbocycles. The average Bonchev–Trinajstić information content (AvgIpc) is 2.73. The number of hydrogen-bond donors (Lipinski definition) is 2. The number of carbonyl (C=O) groups is 1. The van der Waals surface area contributed by atoms with Gasteiger partial charge < -0.3 is 15.0 Å². The molecule has 4 nitrogen and oxygen atoms in total. The molecule has 1 atom stereocenters. The lowest BCUT2D eigenvalue weighted by molar-refractivity contribution is -0.137. The van der Waals surface area contributed by atoms with Crippen molar-refractivity contribution in [1.29, 1.82) is 0 Å². The summed E-state index contributed by atoms with van der Waals surface area (Å²) in [6.07, 6.45) is 6.44. The second-order valence-electron chi connectivity index (χ2n) is 4.90. The Morgan fingerprint density at radius 2 is 2.29 bits per heavy atom. The summed E-state index contributed by atoms with van der Waals surface area (Å²) >= 11 is 0. The molecule has 0 bridgehead atoms. The van der Waals surface area contributed by atoms with Gasteiger partial charge in [0.25, 0.3) is 0 Å². The first kappa shape index (κ1) is 12.2. The fourth-order valence-electron chi connectivity index (χ4n) is 2.74. The van der Waals surface area contributed by atoms with E-state index in [1.165, 1.54) is 5.56 Å².